The molecule has 5 heteroatoms. The van der Waals surface area contributed by atoms with Gasteiger partial charge < -0.3 is 5.32 Å². The highest BCUT2D eigenvalue weighted by molar-refractivity contribution is 5.94. The number of carbonyl (C=O) groups excluding carboxylic acids is 1. The third-order valence-electron chi connectivity index (χ3n) is 3.34. The lowest BCUT2D eigenvalue weighted by Gasteiger charge is -2.05. The Bertz CT molecular complexity index is 815. The Morgan fingerprint density at radius 2 is 1.58 bits per heavy atom. The molecule has 1 N–H and O–H groups in total. The Hall–Kier alpha value is -3.34. The van der Waals surface area contributed by atoms with Gasteiger partial charge in [0.1, 0.15) is 0 Å². The van der Waals surface area contributed by atoms with E-state index in [0.717, 1.165) is 11.3 Å². The van der Waals surface area contributed by atoms with Crippen LogP contribution >= 0.6 is 0 Å². The Morgan fingerprint density at radius 1 is 0.875 bits per heavy atom. The minimum absolute atomic E-state index is 0.134. The van der Waals surface area contributed by atoms with Gasteiger partial charge >= 0.3 is 0 Å². The lowest BCUT2D eigenvalue weighted by atomic mass is 10.2. The summed E-state index contributed by atoms with van der Waals surface area (Å²) < 4.78 is 0. The van der Waals surface area contributed by atoms with E-state index in [1.54, 1.807) is 36.7 Å². The van der Waals surface area contributed by atoms with Crippen molar-refractivity contribution in [2.75, 3.05) is 0 Å². The van der Waals surface area contributed by atoms with Crippen molar-refractivity contribution < 1.29 is 4.79 Å². The fraction of sp³-hybridized carbons (Fsp3) is 0.0526. The van der Waals surface area contributed by atoms with Crippen molar-refractivity contribution in [3.8, 4) is 0 Å². The van der Waals surface area contributed by atoms with Crippen LogP contribution in [0.3, 0.4) is 0 Å². The molecule has 0 bridgehead atoms. The average Bonchev–Trinajstić information content (AvgIpc) is 2.66. The molecule has 3 aromatic rings. The lowest BCUT2D eigenvalue weighted by Crippen LogP contribution is -2.22. The molecule has 0 atom stereocenters. The molecule has 118 valence electrons. The third-order valence-corrected chi connectivity index (χ3v) is 3.34. The van der Waals surface area contributed by atoms with E-state index in [0.29, 0.717) is 17.8 Å². The fourth-order valence-electron chi connectivity index (χ4n) is 2.08. The summed E-state index contributed by atoms with van der Waals surface area (Å²) in [5.41, 5.74) is 3.02. The van der Waals surface area contributed by atoms with Crippen molar-refractivity contribution >= 4 is 17.3 Å². The second-order valence-electron chi connectivity index (χ2n) is 5.13. The minimum Gasteiger partial charge on any atom is -0.348 e. The minimum atomic E-state index is -0.134. The lowest BCUT2D eigenvalue weighted by molar-refractivity contribution is 0.0951. The van der Waals surface area contributed by atoms with Crippen LogP contribution in [0.25, 0.3) is 0 Å². The van der Waals surface area contributed by atoms with E-state index in [2.05, 4.69) is 20.5 Å². The number of benzene rings is 2. The molecule has 0 radical (unpaired) electrons. The van der Waals surface area contributed by atoms with Gasteiger partial charge in [-0.2, -0.15) is 10.2 Å². The summed E-state index contributed by atoms with van der Waals surface area (Å²) in [6.45, 7) is 0.447. The summed E-state index contributed by atoms with van der Waals surface area (Å²) in [5, 5.41) is 11.2. The summed E-state index contributed by atoms with van der Waals surface area (Å²) in [4.78, 5) is 16.1. The van der Waals surface area contributed by atoms with Crippen molar-refractivity contribution in [2.45, 2.75) is 6.54 Å². The standard InChI is InChI=1S/C19H16N4O/c24-19(21-14-15-5-4-12-20-13-15)16-8-10-18(11-9-16)23-22-17-6-2-1-3-7-17/h1-13H,14H2,(H,21,24)/b23-22+. The number of nitrogens with one attached hydrogen (secondary N) is 1. The van der Waals surface area contributed by atoms with Gasteiger partial charge in [-0.3, -0.25) is 9.78 Å². The second-order valence-corrected chi connectivity index (χ2v) is 5.13. The van der Waals surface area contributed by atoms with Gasteiger partial charge in [0.05, 0.1) is 11.4 Å². The smallest absolute Gasteiger partial charge is 0.251 e. The number of pyridine rings is 1. The summed E-state index contributed by atoms with van der Waals surface area (Å²) in [5.74, 6) is -0.134. The van der Waals surface area contributed by atoms with Gasteiger partial charge in [0.2, 0.25) is 0 Å². The van der Waals surface area contributed by atoms with Crippen LogP contribution in [0.15, 0.2) is 89.4 Å². The van der Waals surface area contributed by atoms with Gasteiger partial charge in [-0.1, -0.05) is 24.3 Å². The Balaban J connectivity index is 1.59. The molecule has 0 unspecified atom stereocenters. The Kier molecular flexibility index (Phi) is 5.04. The maximum atomic E-state index is 12.1. The quantitative estimate of drug-likeness (QED) is 0.708. The highest BCUT2D eigenvalue weighted by atomic mass is 16.1. The van der Waals surface area contributed by atoms with Gasteiger partial charge in [0.15, 0.2) is 0 Å². The fourth-order valence-corrected chi connectivity index (χ4v) is 2.08. The predicted octanol–water partition coefficient (Wildman–Crippen LogP) is 4.43. The molecular formula is C19H16N4O. The molecule has 0 saturated carbocycles. The number of nitrogens with zero attached hydrogens (tertiary/aromatic N) is 3. The molecule has 0 saturated heterocycles. The highest BCUT2D eigenvalue weighted by Gasteiger charge is 2.05. The van der Waals surface area contributed by atoms with Crippen molar-refractivity contribution in [3.05, 3.63) is 90.3 Å². The zero-order valence-corrected chi connectivity index (χ0v) is 13.0. The number of rotatable bonds is 5. The first-order valence-electron chi connectivity index (χ1n) is 7.55. The summed E-state index contributed by atoms with van der Waals surface area (Å²) in [6.07, 6.45) is 3.43. The molecule has 0 aliphatic rings. The van der Waals surface area contributed by atoms with E-state index in [1.165, 1.54) is 0 Å². The summed E-state index contributed by atoms with van der Waals surface area (Å²) in [6, 6.07) is 20.3. The van der Waals surface area contributed by atoms with Crippen molar-refractivity contribution in [1.82, 2.24) is 10.3 Å². The molecule has 3 rings (SSSR count). The molecule has 5 nitrogen and oxygen atoms in total. The number of carbonyl (C=O) groups is 1. The van der Waals surface area contributed by atoms with Crippen molar-refractivity contribution in [2.24, 2.45) is 10.2 Å². The maximum Gasteiger partial charge on any atom is 0.251 e. The molecule has 0 aliphatic heterocycles. The van der Waals surface area contributed by atoms with E-state index in [-0.39, 0.29) is 5.91 Å². The van der Waals surface area contributed by atoms with Crippen LogP contribution < -0.4 is 5.32 Å². The SMILES string of the molecule is O=C(NCc1cccnc1)c1ccc(/N=N/c2ccccc2)cc1. The van der Waals surface area contributed by atoms with Crippen molar-refractivity contribution in [3.63, 3.8) is 0 Å². The van der Waals surface area contributed by atoms with E-state index in [1.807, 2.05) is 42.5 Å². The van der Waals surface area contributed by atoms with E-state index in [9.17, 15) is 4.79 Å². The number of aromatic nitrogens is 1. The molecule has 0 fully saturated rings. The molecule has 1 heterocycles. The van der Waals surface area contributed by atoms with E-state index < -0.39 is 0 Å². The molecular weight excluding hydrogens is 300 g/mol. The second kappa shape index (κ2) is 7.78. The first-order valence-corrected chi connectivity index (χ1v) is 7.55. The topological polar surface area (TPSA) is 66.7 Å². The molecule has 24 heavy (non-hydrogen) atoms. The zero-order chi connectivity index (χ0) is 16.6. The van der Waals surface area contributed by atoms with Gasteiger partial charge in [0, 0.05) is 24.5 Å². The first-order chi connectivity index (χ1) is 11.8. The van der Waals surface area contributed by atoms with Gasteiger partial charge in [-0.05, 0) is 48.0 Å². The van der Waals surface area contributed by atoms with Crippen LogP contribution in [0, 0.1) is 0 Å². The largest absolute Gasteiger partial charge is 0.348 e. The van der Waals surface area contributed by atoms with Crippen LogP contribution in [-0.4, -0.2) is 10.9 Å². The molecule has 0 spiro atoms. The van der Waals surface area contributed by atoms with Crippen LogP contribution in [0.1, 0.15) is 15.9 Å². The Morgan fingerprint density at radius 3 is 2.25 bits per heavy atom. The molecule has 1 amide bonds. The van der Waals surface area contributed by atoms with Crippen LogP contribution in [-0.2, 0) is 6.54 Å². The zero-order valence-electron chi connectivity index (χ0n) is 13.0. The van der Waals surface area contributed by atoms with Gasteiger partial charge in [-0.25, -0.2) is 0 Å². The first kappa shape index (κ1) is 15.6. The molecule has 1 aromatic heterocycles. The Labute approximate surface area is 140 Å². The predicted molar refractivity (Wildman–Crippen MR) is 92.5 cm³/mol. The summed E-state index contributed by atoms with van der Waals surface area (Å²) >= 11 is 0. The summed E-state index contributed by atoms with van der Waals surface area (Å²) in [7, 11) is 0. The molecule has 2 aromatic carbocycles. The van der Waals surface area contributed by atoms with E-state index >= 15 is 0 Å². The number of amides is 1. The van der Waals surface area contributed by atoms with Crippen molar-refractivity contribution in [1.29, 1.82) is 0 Å². The highest BCUT2D eigenvalue weighted by Crippen LogP contribution is 2.18. The maximum absolute atomic E-state index is 12.1. The average molecular weight is 316 g/mol. The number of hydrogen-bond donors (Lipinski definition) is 1. The van der Waals surface area contributed by atoms with Gasteiger partial charge in [-0.15, -0.1) is 0 Å². The van der Waals surface area contributed by atoms with Gasteiger partial charge in [0.25, 0.3) is 5.91 Å². The molecule has 0 aliphatic carbocycles. The van der Waals surface area contributed by atoms with Crippen LogP contribution in [0.4, 0.5) is 11.4 Å². The number of hydrogen-bond acceptors (Lipinski definition) is 4. The van der Waals surface area contributed by atoms with Crippen LogP contribution in [0.5, 0.6) is 0 Å². The normalized spacial score (nSPS) is 10.7. The third kappa shape index (κ3) is 4.33. The number of azo groups is 1. The van der Waals surface area contributed by atoms with E-state index in [4.69, 9.17) is 0 Å². The monoisotopic (exact) mass is 316 g/mol. The van der Waals surface area contributed by atoms with Crippen LogP contribution in [0.2, 0.25) is 0 Å².